The van der Waals surface area contributed by atoms with Gasteiger partial charge in [-0.1, -0.05) is 0 Å². The molecule has 0 bridgehead atoms. The Morgan fingerprint density at radius 1 is 1.06 bits per heavy atom. The number of benzene rings is 1. The molecule has 0 fully saturated rings. The van der Waals surface area contributed by atoms with Crippen molar-refractivity contribution in [1.29, 1.82) is 0 Å². The van der Waals surface area contributed by atoms with Crippen LogP contribution in [0.4, 0.5) is 0 Å². The molecule has 1 aromatic rings. The van der Waals surface area contributed by atoms with Gasteiger partial charge in [-0.15, -0.1) is 0 Å². The van der Waals surface area contributed by atoms with Gasteiger partial charge in [-0.05, 0) is 24.6 Å². The number of aliphatic hydroxyl groups is 1. The minimum atomic E-state index is -4.13. The monoisotopic (exact) mass is 280 g/mol. The Kier molecular flexibility index (Phi) is 3.60. The molecule has 0 amide bonds. The number of aliphatic hydroxyl groups excluding tert-OH is 1. The standard InChI is InChI=1S/C8H12N2O5S2/c1-5-2-7(16(9,12)13)6(4-11)8(3-5)17(10,14)15/h2-3,11H,4H2,1H3,(H2,9,12,13)(H2,10,14,15). The highest BCUT2D eigenvalue weighted by Crippen LogP contribution is 2.24. The molecule has 0 spiro atoms. The second-order valence-corrected chi connectivity index (χ2v) is 6.55. The molecule has 5 N–H and O–H groups in total. The van der Waals surface area contributed by atoms with Gasteiger partial charge in [0.2, 0.25) is 20.0 Å². The van der Waals surface area contributed by atoms with Crippen LogP contribution in [0, 0.1) is 6.92 Å². The maximum Gasteiger partial charge on any atom is 0.238 e. The average Bonchev–Trinajstić information content (AvgIpc) is 2.13. The predicted molar refractivity (Wildman–Crippen MR) is 59.8 cm³/mol. The number of nitrogens with two attached hydrogens (primary N) is 2. The lowest BCUT2D eigenvalue weighted by Crippen LogP contribution is -2.20. The first-order valence-electron chi connectivity index (χ1n) is 4.37. The van der Waals surface area contributed by atoms with Gasteiger partial charge in [0.05, 0.1) is 16.4 Å². The summed E-state index contributed by atoms with van der Waals surface area (Å²) in [6, 6.07) is 2.35. The fraction of sp³-hybridized carbons (Fsp3) is 0.250. The molecule has 0 unspecified atom stereocenters. The predicted octanol–water partition coefficient (Wildman–Crippen LogP) is -1.22. The maximum atomic E-state index is 11.3. The van der Waals surface area contributed by atoms with Crippen LogP contribution in [0.2, 0.25) is 0 Å². The minimum Gasteiger partial charge on any atom is -0.392 e. The SMILES string of the molecule is Cc1cc(S(N)(=O)=O)c(CO)c(S(N)(=O)=O)c1. The molecule has 0 saturated carbocycles. The van der Waals surface area contributed by atoms with Gasteiger partial charge in [0.1, 0.15) is 0 Å². The third-order valence-corrected chi connectivity index (χ3v) is 4.04. The normalized spacial score (nSPS) is 12.7. The van der Waals surface area contributed by atoms with Crippen molar-refractivity contribution in [3.8, 4) is 0 Å². The van der Waals surface area contributed by atoms with Crippen molar-refractivity contribution in [3.63, 3.8) is 0 Å². The highest BCUT2D eigenvalue weighted by atomic mass is 32.2. The number of aryl methyl sites for hydroxylation is 1. The van der Waals surface area contributed by atoms with Crippen molar-refractivity contribution < 1.29 is 21.9 Å². The Bertz CT molecular complexity index is 595. The van der Waals surface area contributed by atoms with Gasteiger partial charge in [0, 0.05) is 5.56 Å². The van der Waals surface area contributed by atoms with Crippen molar-refractivity contribution in [2.24, 2.45) is 10.3 Å². The van der Waals surface area contributed by atoms with E-state index in [1.165, 1.54) is 19.1 Å². The van der Waals surface area contributed by atoms with E-state index in [9.17, 15) is 16.8 Å². The first-order valence-corrected chi connectivity index (χ1v) is 7.46. The molecular formula is C8H12N2O5S2. The summed E-state index contributed by atoms with van der Waals surface area (Å²) < 4.78 is 45.1. The van der Waals surface area contributed by atoms with E-state index in [1.54, 1.807) is 0 Å². The van der Waals surface area contributed by atoms with Crippen molar-refractivity contribution in [1.82, 2.24) is 0 Å². The third-order valence-electron chi connectivity index (χ3n) is 2.08. The summed E-state index contributed by atoms with van der Waals surface area (Å²) in [4.78, 5) is -0.881. The van der Waals surface area contributed by atoms with Gasteiger partial charge < -0.3 is 5.11 Å². The Labute approximate surface area is 99.2 Å². The van der Waals surface area contributed by atoms with Crippen LogP contribution in [-0.2, 0) is 26.7 Å². The molecule has 1 aromatic carbocycles. The molecule has 9 heteroatoms. The zero-order valence-electron chi connectivity index (χ0n) is 8.91. The van der Waals surface area contributed by atoms with Gasteiger partial charge in [0.15, 0.2) is 0 Å². The van der Waals surface area contributed by atoms with Gasteiger partial charge >= 0.3 is 0 Å². The van der Waals surface area contributed by atoms with Crippen molar-refractivity contribution in [3.05, 3.63) is 23.3 Å². The number of rotatable bonds is 3. The van der Waals surface area contributed by atoms with Crippen molar-refractivity contribution in [2.75, 3.05) is 0 Å². The van der Waals surface area contributed by atoms with E-state index in [0.717, 1.165) is 0 Å². The highest BCUT2D eigenvalue weighted by molar-refractivity contribution is 7.90. The van der Waals surface area contributed by atoms with Gasteiger partial charge in [-0.3, -0.25) is 0 Å². The Morgan fingerprint density at radius 3 is 1.65 bits per heavy atom. The summed E-state index contributed by atoms with van der Waals surface area (Å²) in [5.41, 5.74) is 0.0378. The van der Waals surface area contributed by atoms with Crippen LogP contribution in [0.15, 0.2) is 21.9 Å². The second-order valence-electron chi connectivity index (χ2n) is 3.49. The quantitative estimate of drug-likeness (QED) is 0.636. The molecule has 0 aliphatic rings. The molecule has 96 valence electrons. The third kappa shape index (κ3) is 3.01. The highest BCUT2D eigenvalue weighted by Gasteiger charge is 2.22. The molecule has 0 aliphatic heterocycles. The second kappa shape index (κ2) is 4.35. The van der Waals surface area contributed by atoms with E-state index in [-0.39, 0.29) is 5.56 Å². The molecule has 0 saturated heterocycles. The van der Waals surface area contributed by atoms with Crippen molar-refractivity contribution >= 4 is 20.0 Å². The van der Waals surface area contributed by atoms with Crippen LogP contribution in [0.5, 0.6) is 0 Å². The fourth-order valence-electron chi connectivity index (χ4n) is 1.41. The smallest absolute Gasteiger partial charge is 0.238 e. The summed E-state index contributed by atoms with van der Waals surface area (Å²) >= 11 is 0. The lowest BCUT2D eigenvalue weighted by Gasteiger charge is -2.11. The largest absolute Gasteiger partial charge is 0.392 e. The van der Waals surface area contributed by atoms with E-state index >= 15 is 0 Å². The Hall–Kier alpha value is -1.00. The Morgan fingerprint density at radius 2 is 1.41 bits per heavy atom. The lowest BCUT2D eigenvalue weighted by molar-refractivity contribution is 0.275. The first kappa shape index (κ1) is 14.1. The van der Waals surface area contributed by atoms with E-state index in [1.807, 2.05) is 0 Å². The summed E-state index contributed by atoms with van der Waals surface area (Å²) in [6.45, 7) is 0.697. The molecule has 0 heterocycles. The van der Waals surface area contributed by atoms with Gasteiger partial charge in [-0.2, -0.15) is 0 Å². The number of primary sulfonamides is 2. The number of hydrogen-bond donors (Lipinski definition) is 3. The zero-order chi connectivity index (χ0) is 13.4. The van der Waals surface area contributed by atoms with Crippen LogP contribution in [0.25, 0.3) is 0 Å². The Balaban J connectivity index is 3.83. The van der Waals surface area contributed by atoms with E-state index < -0.39 is 36.4 Å². The first-order chi connectivity index (χ1) is 7.57. The molecule has 7 nitrogen and oxygen atoms in total. The van der Waals surface area contributed by atoms with Crippen LogP contribution in [-0.4, -0.2) is 21.9 Å². The average molecular weight is 280 g/mol. The minimum absolute atomic E-state index is 0.319. The van der Waals surface area contributed by atoms with Crippen LogP contribution >= 0.6 is 0 Å². The van der Waals surface area contributed by atoms with E-state index in [0.29, 0.717) is 5.56 Å². The molecule has 0 radical (unpaired) electrons. The molecular weight excluding hydrogens is 268 g/mol. The van der Waals surface area contributed by atoms with Gasteiger partial charge in [-0.25, -0.2) is 27.1 Å². The summed E-state index contributed by atoms with van der Waals surface area (Å²) in [6.07, 6.45) is 0. The fourth-order valence-corrected chi connectivity index (χ4v) is 3.22. The maximum absolute atomic E-state index is 11.3. The summed E-state index contributed by atoms with van der Waals surface area (Å²) in [5, 5.41) is 19.0. The number of hydrogen-bond acceptors (Lipinski definition) is 5. The van der Waals surface area contributed by atoms with Crippen LogP contribution in [0.3, 0.4) is 0 Å². The van der Waals surface area contributed by atoms with Gasteiger partial charge in [0.25, 0.3) is 0 Å². The summed E-state index contributed by atoms with van der Waals surface area (Å²) in [7, 11) is -8.26. The zero-order valence-corrected chi connectivity index (χ0v) is 10.5. The molecule has 17 heavy (non-hydrogen) atoms. The molecule has 0 aliphatic carbocycles. The number of sulfonamides is 2. The molecule has 0 aromatic heterocycles. The lowest BCUT2D eigenvalue weighted by atomic mass is 10.1. The van der Waals surface area contributed by atoms with Crippen LogP contribution < -0.4 is 10.3 Å². The van der Waals surface area contributed by atoms with Crippen molar-refractivity contribution in [2.45, 2.75) is 23.3 Å². The van der Waals surface area contributed by atoms with E-state index in [4.69, 9.17) is 15.4 Å². The van der Waals surface area contributed by atoms with Crippen LogP contribution in [0.1, 0.15) is 11.1 Å². The van der Waals surface area contributed by atoms with E-state index in [2.05, 4.69) is 0 Å². The molecule has 1 rings (SSSR count). The summed E-state index contributed by atoms with van der Waals surface area (Å²) in [5.74, 6) is 0. The molecule has 0 atom stereocenters. The topological polar surface area (TPSA) is 141 Å².